The van der Waals surface area contributed by atoms with Crippen molar-refractivity contribution < 1.29 is 0 Å². The van der Waals surface area contributed by atoms with E-state index in [2.05, 4.69) is 49.6 Å². The maximum absolute atomic E-state index is 5.84. The first-order valence-electron chi connectivity index (χ1n) is 8.31. The molecule has 0 bridgehead atoms. The van der Waals surface area contributed by atoms with Crippen LogP contribution in [0.25, 0.3) is 0 Å². The summed E-state index contributed by atoms with van der Waals surface area (Å²) in [5.41, 5.74) is 4.59. The first-order chi connectivity index (χ1) is 9.80. The van der Waals surface area contributed by atoms with Crippen molar-refractivity contribution in [3.8, 4) is 0 Å². The average molecular weight is 274 g/mol. The molecule has 112 valence electrons. The number of hydrazine groups is 1. The third-order valence-electron chi connectivity index (χ3n) is 4.93. The highest BCUT2D eigenvalue weighted by Gasteiger charge is 2.43. The normalized spacial score (nSPS) is 24.4. The fourth-order valence-corrected chi connectivity index (χ4v) is 3.45. The molecular weight excluding hydrogens is 244 g/mol. The van der Waals surface area contributed by atoms with E-state index in [4.69, 9.17) is 5.84 Å². The summed E-state index contributed by atoms with van der Waals surface area (Å²) in [7, 11) is 0. The fraction of sp³-hybridized carbons (Fsp3) is 0.667. The lowest BCUT2D eigenvalue weighted by Crippen LogP contribution is -2.38. The number of hydrogen-bond acceptors (Lipinski definition) is 2. The summed E-state index contributed by atoms with van der Waals surface area (Å²) in [4.78, 5) is 0. The van der Waals surface area contributed by atoms with Crippen molar-refractivity contribution in [1.29, 1.82) is 0 Å². The molecule has 0 aromatic heterocycles. The number of nitrogens with one attached hydrogen (secondary N) is 1. The lowest BCUT2D eigenvalue weighted by Gasteiger charge is -2.22. The van der Waals surface area contributed by atoms with Gasteiger partial charge in [0, 0.05) is 6.04 Å². The molecule has 0 saturated heterocycles. The van der Waals surface area contributed by atoms with Gasteiger partial charge in [-0.15, -0.1) is 0 Å². The van der Waals surface area contributed by atoms with E-state index in [0.29, 0.717) is 6.04 Å². The molecule has 0 amide bonds. The summed E-state index contributed by atoms with van der Waals surface area (Å²) in [6, 6.07) is 11.4. The highest BCUT2D eigenvalue weighted by Crippen LogP contribution is 2.50. The van der Waals surface area contributed by atoms with E-state index in [1.54, 1.807) is 0 Å². The van der Waals surface area contributed by atoms with Gasteiger partial charge in [0.15, 0.2) is 0 Å². The Labute approximate surface area is 124 Å². The van der Waals surface area contributed by atoms with Crippen LogP contribution >= 0.6 is 0 Å². The van der Waals surface area contributed by atoms with Crippen LogP contribution in [0, 0.1) is 11.8 Å². The van der Waals surface area contributed by atoms with Crippen molar-refractivity contribution in [2.24, 2.45) is 17.7 Å². The van der Waals surface area contributed by atoms with E-state index in [1.807, 2.05) is 0 Å². The molecule has 1 saturated carbocycles. The number of benzene rings is 1. The Morgan fingerprint density at radius 2 is 2.00 bits per heavy atom. The van der Waals surface area contributed by atoms with Crippen molar-refractivity contribution in [2.45, 2.75) is 64.3 Å². The van der Waals surface area contributed by atoms with Gasteiger partial charge in [0.05, 0.1) is 0 Å². The smallest absolute Gasteiger partial charge is 0.0247 e. The van der Waals surface area contributed by atoms with Gasteiger partial charge in [0.25, 0.3) is 0 Å². The van der Waals surface area contributed by atoms with E-state index in [9.17, 15) is 0 Å². The monoisotopic (exact) mass is 274 g/mol. The lowest BCUT2D eigenvalue weighted by molar-refractivity contribution is 0.327. The number of unbranched alkanes of at least 4 members (excludes halogenated alkanes) is 1. The Hall–Kier alpha value is -0.860. The average Bonchev–Trinajstić information content (AvgIpc) is 3.29. The van der Waals surface area contributed by atoms with Gasteiger partial charge >= 0.3 is 0 Å². The molecule has 1 aromatic rings. The largest absolute Gasteiger partial charge is 0.271 e. The Bertz CT molecular complexity index is 376. The SMILES string of the molecule is CCCCC(CC)CC(NN)C1CC1c1ccccc1. The van der Waals surface area contributed by atoms with Gasteiger partial charge < -0.3 is 0 Å². The standard InChI is InChI=1S/C18H30N2/c1-3-5-9-14(4-2)12-18(20-19)17-13-16(17)15-10-7-6-8-11-15/h6-8,10-11,14,16-18,20H,3-5,9,12-13,19H2,1-2H3. The Balaban J connectivity index is 1.87. The van der Waals surface area contributed by atoms with Crippen LogP contribution in [-0.2, 0) is 0 Å². The van der Waals surface area contributed by atoms with Crippen LogP contribution in [0.15, 0.2) is 30.3 Å². The molecule has 2 rings (SSSR count). The van der Waals surface area contributed by atoms with Crippen LogP contribution in [0.2, 0.25) is 0 Å². The number of nitrogens with two attached hydrogens (primary N) is 1. The molecule has 4 unspecified atom stereocenters. The molecule has 0 radical (unpaired) electrons. The van der Waals surface area contributed by atoms with Crippen molar-refractivity contribution in [3.63, 3.8) is 0 Å². The van der Waals surface area contributed by atoms with Crippen LogP contribution in [0.3, 0.4) is 0 Å². The fourth-order valence-electron chi connectivity index (χ4n) is 3.45. The predicted molar refractivity (Wildman–Crippen MR) is 86.3 cm³/mol. The second kappa shape index (κ2) is 7.80. The first-order valence-corrected chi connectivity index (χ1v) is 8.31. The second-order valence-electron chi connectivity index (χ2n) is 6.34. The minimum atomic E-state index is 0.488. The quantitative estimate of drug-likeness (QED) is 0.522. The highest BCUT2D eigenvalue weighted by molar-refractivity contribution is 5.26. The maximum Gasteiger partial charge on any atom is 0.0247 e. The zero-order valence-electron chi connectivity index (χ0n) is 13.0. The zero-order valence-corrected chi connectivity index (χ0v) is 13.0. The minimum absolute atomic E-state index is 0.488. The van der Waals surface area contributed by atoms with E-state index in [1.165, 1.54) is 44.1 Å². The summed E-state index contributed by atoms with van der Waals surface area (Å²) in [6.07, 6.45) is 7.81. The van der Waals surface area contributed by atoms with Gasteiger partial charge in [-0.25, -0.2) is 0 Å². The van der Waals surface area contributed by atoms with Crippen molar-refractivity contribution in [1.82, 2.24) is 5.43 Å². The summed E-state index contributed by atoms with van der Waals surface area (Å²) in [6.45, 7) is 4.59. The van der Waals surface area contributed by atoms with Gasteiger partial charge in [-0.3, -0.25) is 11.3 Å². The van der Waals surface area contributed by atoms with Gasteiger partial charge in [0.2, 0.25) is 0 Å². The maximum atomic E-state index is 5.84. The van der Waals surface area contributed by atoms with Crippen molar-refractivity contribution in [2.75, 3.05) is 0 Å². The van der Waals surface area contributed by atoms with E-state index in [-0.39, 0.29) is 0 Å². The Morgan fingerprint density at radius 3 is 2.60 bits per heavy atom. The topological polar surface area (TPSA) is 38.0 Å². The molecule has 1 aliphatic carbocycles. The molecule has 0 aliphatic heterocycles. The van der Waals surface area contributed by atoms with Gasteiger partial charge in [0.1, 0.15) is 0 Å². The Morgan fingerprint density at radius 1 is 1.25 bits per heavy atom. The minimum Gasteiger partial charge on any atom is -0.271 e. The molecular formula is C18H30N2. The Kier molecular flexibility index (Phi) is 6.06. The van der Waals surface area contributed by atoms with Crippen LogP contribution in [-0.4, -0.2) is 6.04 Å². The molecule has 3 N–H and O–H groups in total. The highest BCUT2D eigenvalue weighted by atomic mass is 15.2. The van der Waals surface area contributed by atoms with Gasteiger partial charge in [-0.2, -0.15) is 0 Å². The lowest BCUT2D eigenvalue weighted by atomic mass is 9.89. The van der Waals surface area contributed by atoms with E-state index in [0.717, 1.165) is 17.8 Å². The van der Waals surface area contributed by atoms with E-state index < -0.39 is 0 Å². The first kappa shape index (κ1) is 15.5. The molecule has 0 heterocycles. The zero-order chi connectivity index (χ0) is 14.4. The third-order valence-corrected chi connectivity index (χ3v) is 4.93. The summed E-state index contributed by atoms with van der Waals surface area (Å²) < 4.78 is 0. The molecule has 20 heavy (non-hydrogen) atoms. The molecule has 1 aromatic carbocycles. The van der Waals surface area contributed by atoms with Crippen LogP contribution in [0.4, 0.5) is 0 Å². The molecule has 2 heteroatoms. The summed E-state index contributed by atoms with van der Waals surface area (Å²) >= 11 is 0. The van der Waals surface area contributed by atoms with Crippen LogP contribution < -0.4 is 11.3 Å². The van der Waals surface area contributed by atoms with Gasteiger partial charge in [-0.05, 0) is 36.2 Å². The molecule has 1 aliphatic rings. The van der Waals surface area contributed by atoms with Crippen LogP contribution in [0.1, 0.15) is 63.9 Å². The van der Waals surface area contributed by atoms with Crippen LogP contribution in [0.5, 0.6) is 0 Å². The second-order valence-corrected chi connectivity index (χ2v) is 6.34. The molecule has 2 nitrogen and oxygen atoms in total. The van der Waals surface area contributed by atoms with Crippen molar-refractivity contribution in [3.05, 3.63) is 35.9 Å². The molecule has 4 atom stereocenters. The number of hydrogen-bond donors (Lipinski definition) is 2. The molecule has 0 spiro atoms. The van der Waals surface area contributed by atoms with Crippen molar-refractivity contribution >= 4 is 0 Å². The van der Waals surface area contributed by atoms with Gasteiger partial charge in [-0.1, -0.05) is 69.9 Å². The molecule has 1 fully saturated rings. The predicted octanol–water partition coefficient (Wildman–Crippen LogP) is 4.23. The summed E-state index contributed by atoms with van der Waals surface area (Å²) in [5.74, 6) is 8.12. The number of rotatable bonds is 9. The third kappa shape index (κ3) is 4.07. The summed E-state index contributed by atoms with van der Waals surface area (Å²) in [5, 5.41) is 0. The van der Waals surface area contributed by atoms with E-state index >= 15 is 0 Å².